The van der Waals surface area contributed by atoms with Crippen LogP contribution in [0.1, 0.15) is 18.4 Å². The molecule has 108 valence electrons. The molecule has 4 nitrogen and oxygen atoms in total. The zero-order valence-corrected chi connectivity index (χ0v) is 12.1. The number of hydrogen-bond donors (Lipinski definition) is 2. The van der Waals surface area contributed by atoms with Crippen molar-refractivity contribution < 1.29 is 9.53 Å². The number of rotatable bonds is 4. The van der Waals surface area contributed by atoms with E-state index in [1.807, 2.05) is 18.2 Å². The van der Waals surface area contributed by atoms with Crippen molar-refractivity contribution in [1.82, 2.24) is 10.6 Å². The zero-order chi connectivity index (χ0) is 14.0. The van der Waals surface area contributed by atoms with Crippen molar-refractivity contribution in [1.29, 1.82) is 0 Å². The van der Waals surface area contributed by atoms with Crippen LogP contribution in [-0.4, -0.2) is 38.3 Å². The molecule has 1 saturated heterocycles. The molecule has 1 aliphatic carbocycles. The molecule has 3 rings (SSSR count). The molecular formula is C15H19ClN2O2. The van der Waals surface area contributed by atoms with Crippen molar-refractivity contribution in [3.8, 4) is 0 Å². The van der Waals surface area contributed by atoms with Gasteiger partial charge in [-0.1, -0.05) is 23.7 Å². The lowest BCUT2D eigenvalue weighted by Crippen LogP contribution is -2.52. The lowest BCUT2D eigenvalue weighted by molar-refractivity contribution is -0.126. The minimum atomic E-state index is -0.223. The molecule has 1 saturated carbocycles. The Morgan fingerprint density at radius 3 is 3.00 bits per heavy atom. The summed E-state index contributed by atoms with van der Waals surface area (Å²) in [4.78, 5) is 12.1. The second-order valence-corrected chi connectivity index (χ2v) is 6.03. The molecule has 2 aliphatic rings. The van der Waals surface area contributed by atoms with Crippen LogP contribution in [-0.2, 0) is 14.9 Å². The van der Waals surface area contributed by atoms with Gasteiger partial charge in [0, 0.05) is 23.5 Å². The molecule has 2 fully saturated rings. The molecular weight excluding hydrogens is 276 g/mol. The first kappa shape index (κ1) is 13.9. The Morgan fingerprint density at radius 2 is 2.35 bits per heavy atom. The van der Waals surface area contributed by atoms with Crippen LogP contribution in [0.3, 0.4) is 0 Å². The summed E-state index contributed by atoms with van der Waals surface area (Å²) < 4.78 is 5.31. The van der Waals surface area contributed by atoms with E-state index in [9.17, 15) is 4.79 Å². The summed E-state index contributed by atoms with van der Waals surface area (Å²) in [6, 6.07) is 7.72. The van der Waals surface area contributed by atoms with E-state index in [4.69, 9.17) is 16.3 Å². The van der Waals surface area contributed by atoms with Gasteiger partial charge in [-0.05, 0) is 30.5 Å². The van der Waals surface area contributed by atoms with Gasteiger partial charge in [0.25, 0.3) is 0 Å². The van der Waals surface area contributed by atoms with Gasteiger partial charge in [0.15, 0.2) is 0 Å². The number of amides is 1. The van der Waals surface area contributed by atoms with E-state index in [-0.39, 0.29) is 17.4 Å². The molecule has 20 heavy (non-hydrogen) atoms. The second-order valence-electron chi connectivity index (χ2n) is 5.59. The third kappa shape index (κ3) is 2.97. The zero-order valence-electron chi connectivity index (χ0n) is 11.3. The molecule has 1 amide bonds. The minimum Gasteiger partial charge on any atom is -0.378 e. The van der Waals surface area contributed by atoms with Crippen LogP contribution in [0.4, 0.5) is 0 Å². The van der Waals surface area contributed by atoms with E-state index >= 15 is 0 Å². The van der Waals surface area contributed by atoms with E-state index in [1.165, 1.54) is 5.56 Å². The molecule has 1 aliphatic heterocycles. The van der Waals surface area contributed by atoms with E-state index in [0.29, 0.717) is 19.8 Å². The van der Waals surface area contributed by atoms with Crippen LogP contribution in [0.15, 0.2) is 24.3 Å². The van der Waals surface area contributed by atoms with Crippen LogP contribution in [0.2, 0.25) is 5.02 Å². The Bertz CT molecular complexity index is 496. The summed E-state index contributed by atoms with van der Waals surface area (Å²) in [7, 11) is 0. The standard InChI is InChI=1S/C15H19ClN2O2/c16-12-3-1-2-11(8-12)15(4-5-15)10-18-14(19)13-9-20-7-6-17-13/h1-3,8,13,17H,4-7,9-10H2,(H,18,19). The van der Waals surface area contributed by atoms with Crippen molar-refractivity contribution in [3.63, 3.8) is 0 Å². The number of carbonyl (C=O) groups excluding carboxylic acids is 1. The summed E-state index contributed by atoms with van der Waals surface area (Å²) in [5, 5.41) is 6.97. The SMILES string of the molecule is O=C(NCC1(c2cccc(Cl)c2)CC1)C1COCCN1. The van der Waals surface area contributed by atoms with Crippen molar-refractivity contribution in [2.75, 3.05) is 26.3 Å². The van der Waals surface area contributed by atoms with E-state index in [1.54, 1.807) is 0 Å². The summed E-state index contributed by atoms with van der Waals surface area (Å²) in [5.74, 6) is 0.0259. The Balaban J connectivity index is 1.59. The Hall–Kier alpha value is -1.10. The predicted molar refractivity (Wildman–Crippen MR) is 78.0 cm³/mol. The molecule has 0 radical (unpaired) electrons. The minimum absolute atomic E-state index is 0.0259. The van der Waals surface area contributed by atoms with Crippen molar-refractivity contribution >= 4 is 17.5 Å². The highest BCUT2D eigenvalue weighted by Crippen LogP contribution is 2.48. The molecule has 2 N–H and O–H groups in total. The molecule has 1 unspecified atom stereocenters. The first-order valence-corrected chi connectivity index (χ1v) is 7.42. The van der Waals surface area contributed by atoms with Crippen LogP contribution in [0.25, 0.3) is 0 Å². The van der Waals surface area contributed by atoms with E-state index in [2.05, 4.69) is 16.7 Å². The molecule has 0 aromatic heterocycles. The van der Waals surface area contributed by atoms with Gasteiger partial charge in [-0.25, -0.2) is 0 Å². The first-order valence-electron chi connectivity index (χ1n) is 7.05. The van der Waals surface area contributed by atoms with Crippen LogP contribution >= 0.6 is 11.6 Å². The van der Waals surface area contributed by atoms with Gasteiger partial charge in [-0.15, -0.1) is 0 Å². The van der Waals surface area contributed by atoms with Crippen molar-refractivity contribution in [3.05, 3.63) is 34.9 Å². The molecule has 1 atom stereocenters. The molecule has 5 heteroatoms. The normalized spacial score (nSPS) is 24.1. The van der Waals surface area contributed by atoms with Gasteiger partial charge in [0.2, 0.25) is 5.91 Å². The molecule has 1 heterocycles. The number of halogens is 1. The molecule has 0 bridgehead atoms. The average Bonchev–Trinajstić information content (AvgIpc) is 3.27. The highest BCUT2D eigenvalue weighted by molar-refractivity contribution is 6.30. The highest BCUT2D eigenvalue weighted by Gasteiger charge is 2.44. The van der Waals surface area contributed by atoms with Crippen LogP contribution in [0, 0.1) is 0 Å². The fraction of sp³-hybridized carbons (Fsp3) is 0.533. The number of benzene rings is 1. The lowest BCUT2D eigenvalue weighted by Gasteiger charge is -2.24. The number of carbonyl (C=O) groups is 1. The Morgan fingerprint density at radius 1 is 1.50 bits per heavy atom. The van der Waals surface area contributed by atoms with Gasteiger partial charge in [-0.2, -0.15) is 0 Å². The second kappa shape index (κ2) is 5.72. The maximum atomic E-state index is 12.1. The topological polar surface area (TPSA) is 50.4 Å². The number of morpholine rings is 1. The number of nitrogens with one attached hydrogen (secondary N) is 2. The highest BCUT2D eigenvalue weighted by atomic mass is 35.5. The quantitative estimate of drug-likeness (QED) is 0.884. The third-order valence-electron chi connectivity index (χ3n) is 4.13. The van der Waals surface area contributed by atoms with Crippen molar-refractivity contribution in [2.24, 2.45) is 0 Å². The van der Waals surface area contributed by atoms with Gasteiger partial charge in [0.1, 0.15) is 6.04 Å². The third-order valence-corrected chi connectivity index (χ3v) is 4.36. The number of hydrogen-bond acceptors (Lipinski definition) is 3. The van der Waals surface area contributed by atoms with Gasteiger partial charge in [0.05, 0.1) is 13.2 Å². The Kier molecular flexibility index (Phi) is 3.96. The lowest BCUT2D eigenvalue weighted by atomic mass is 9.96. The average molecular weight is 295 g/mol. The van der Waals surface area contributed by atoms with Crippen LogP contribution < -0.4 is 10.6 Å². The maximum absolute atomic E-state index is 12.1. The van der Waals surface area contributed by atoms with E-state index < -0.39 is 0 Å². The van der Waals surface area contributed by atoms with Gasteiger partial charge >= 0.3 is 0 Å². The maximum Gasteiger partial charge on any atom is 0.239 e. The summed E-state index contributed by atoms with van der Waals surface area (Å²) in [6.07, 6.45) is 2.20. The smallest absolute Gasteiger partial charge is 0.239 e. The van der Waals surface area contributed by atoms with Gasteiger partial charge in [-0.3, -0.25) is 4.79 Å². The first-order chi connectivity index (χ1) is 9.70. The van der Waals surface area contributed by atoms with E-state index in [0.717, 1.165) is 24.4 Å². The van der Waals surface area contributed by atoms with Crippen molar-refractivity contribution in [2.45, 2.75) is 24.3 Å². The fourth-order valence-electron chi connectivity index (χ4n) is 2.65. The largest absolute Gasteiger partial charge is 0.378 e. The fourth-order valence-corrected chi connectivity index (χ4v) is 2.84. The monoisotopic (exact) mass is 294 g/mol. The summed E-state index contributed by atoms with van der Waals surface area (Å²) in [5.41, 5.74) is 1.30. The molecule has 1 aromatic carbocycles. The number of ether oxygens (including phenoxy) is 1. The van der Waals surface area contributed by atoms with Gasteiger partial charge < -0.3 is 15.4 Å². The Labute approximate surface area is 123 Å². The van der Waals surface area contributed by atoms with Crippen LogP contribution in [0.5, 0.6) is 0 Å². The molecule has 1 aromatic rings. The summed E-state index contributed by atoms with van der Waals surface area (Å²) in [6.45, 7) is 2.54. The molecule has 0 spiro atoms. The summed E-state index contributed by atoms with van der Waals surface area (Å²) >= 11 is 6.05. The predicted octanol–water partition coefficient (Wildman–Crippen LogP) is 1.48.